The van der Waals surface area contributed by atoms with Gasteiger partial charge in [0.1, 0.15) is 6.54 Å². The van der Waals surface area contributed by atoms with E-state index in [9.17, 15) is 4.79 Å². The zero-order valence-corrected chi connectivity index (χ0v) is 14.5. The van der Waals surface area contributed by atoms with E-state index in [0.717, 1.165) is 22.2 Å². The topological polar surface area (TPSA) is 85.8 Å². The number of benzene rings is 1. The SMILES string of the molecule is Cc1csc(NC(=O)Cn2ccc3ccc(-c4nnc(C)o4)cc32)n1. The van der Waals surface area contributed by atoms with E-state index in [1.54, 1.807) is 6.92 Å². The van der Waals surface area contributed by atoms with Crippen LogP contribution < -0.4 is 5.32 Å². The molecule has 8 heteroatoms. The highest BCUT2D eigenvalue weighted by Crippen LogP contribution is 2.24. The quantitative estimate of drug-likeness (QED) is 0.608. The Kier molecular flexibility index (Phi) is 3.81. The second-order valence-corrected chi connectivity index (χ2v) is 6.54. The minimum atomic E-state index is -0.120. The van der Waals surface area contributed by atoms with Crippen molar-refractivity contribution in [2.24, 2.45) is 0 Å². The molecule has 0 aliphatic heterocycles. The molecular formula is C17H15N5O2S. The van der Waals surface area contributed by atoms with E-state index in [0.29, 0.717) is 16.9 Å². The number of fused-ring (bicyclic) bond motifs is 1. The first-order chi connectivity index (χ1) is 12.1. The van der Waals surface area contributed by atoms with Crippen LogP contribution in [0.5, 0.6) is 0 Å². The molecule has 1 amide bonds. The van der Waals surface area contributed by atoms with Crippen molar-refractivity contribution in [1.29, 1.82) is 0 Å². The summed E-state index contributed by atoms with van der Waals surface area (Å²) >= 11 is 1.42. The molecule has 0 aliphatic carbocycles. The summed E-state index contributed by atoms with van der Waals surface area (Å²) in [6.07, 6.45) is 1.89. The summed E-state index contributed by atoms with van der Waals surface area (Å²) < 4.78 is 7.37. The Balaban J connectivity index is 1.60. The number of aromatic nitrogens is 4. The molecule has 0 saturated carbocycles. The molecule has 4 rings (SSSR count). The van der Waals surface area contributed by atoms with E-state index in [2.05, 4.69) is 20.5 Å². The van der Waals surface area contributed by atoms with Crippen LogP contribution in [0.25, 0.3) is 22.4 Å². The van der Waals surface area contributed by atoms with E-state index >= 15 is 0 Å². The van der Waals surface area contributed by atoms with Gasteiger partial charge in [-0.1, -0.05) is 6.07 Å². The molecule has 7 nitrogen and oxygen atoms in total. The van der Waals surface area contributed by atoms with Crippen molar-refractivity contribution < 1.29 is 9.21 Å². The fraction of sp³-hybridized carbons (Fsp3) is 0.176. The van der Waals surface area contributed by atoms with Gasteiger partial charge in [0.05, 0.1) is 5.69 Å². The van der Waals surface area contributed by atoms with Crippen molar-refractivity contribution in [3.05, 3.63) is 47.4 Å². The third-order valence-corrected chi connectivity index (χ3v) is 4.60. The number of hydrogen-bond acceptors (Lipinski definition) is 6. The minimum Gasteiger partial charge on any atom is -0.421 e. The number of nitrogens with one attached hydrogen (secondary N) is 1. The van der Waals surface area contributed by atoms with Gasteiger partial charge in [0, 0.05) is 29.6 Å². The highest BCUT2D eigenvalue weighted by molar-refractivity contribution is 7.13. The Morgan fingerprint density at radius 3 is 2.88 bits per heavy atom. The van der Waals surface area contributed by atoms with Crippen LogP contribution in [-0.2, 0) is 11.3 Å². The van der Waals surface area contributed by atoms with Crippen molar-refractivity contribution in [3.8, 4) is 11.5 Å². The normalized spacial score (nSPS) is 11.1. The van der Waals surface area contributed by atoms with Gasteiger partial charge in [0.2, 0.25) is 17.7 Å². The highest BCUT2D eigenvalue weighted by Gasteiger charge is 2.11. The fourth-order valence-corrected chi connectivity index (χ4v) is 3.30. The first-order valence-corrected chi connectivity index (χ1v) is 8.58. The number of thiazole rings is 1. The standard InChI is InChI=1S/C17H15N5O2S/c1-10-9-25-17(18-10)19-15(23)8-22-6-5-12-3-4-13(7-14(12)22)16-21-20-11(2)24-16/h3-7,9H,8H2,1-2H3,(H,18,19,23). The van der Waals surface area contributed by atoms with Crippen molar-refractivity contribution in [1.82, 2.24) is 19.7 Å². The lowest BCUT2D eigenvalue weighted by Crippen LogP contribution is -2.18. The molecule has 0 fully saturated rings. The first-order valence-electron chi connectivity index (χ1n) is 7.70. The molecule has 0 bridgehead atoms. The number of carbonyl (C=O) groups excluding carboxylic acids is 1. The minimum absolute atomic E-state index is 0.120. The lowest BCUT2D eigenvalue weighted by atomic mass is 10.1. The summed E-state index contributed by atoms with van der Waals surface area (Å²) in [4.78, 5) is 16.5. The summed E-state index contributed by atoms with van der Waals surface area (Å²) in [5, 5.41) is 14.3. The smallest absolute Gasteiger partial charge is 0.247 e. The molecule has 0 aliphatic rings. The highest BCUT2D eigenvalue weighted by atomic mass is 32.1. The fourth-order valence-electron chi connectivity index (χ4n) is 2.59. The number of amides is 1. The predicted octanol–water partition coefficient (Wildman–Crippen LogP) is 3.40. The van der Waals surface area contributed by atoms with Crippen molar-refractivity contribution >= 4 is 33.3 Å². The van der Waals surface area contributed by atoms with Crippen LogP contribution in [0.4, 0.5) is 5.13 Å². The molecule has 0 atom stereocenters. The molecule has 4 aromatic rings. The molecule has 0 saturated heterocycles. The second kappa shape index (κ2) is 6.14. The van der Waals surface area contributed by atoms with E-state index in [4.69, 9.17) is 4.42 Å². The van der Waals surface area contributed by atoms with Crippen LogP contribution >= 0.6 is 11.3 Å². The average molecular weight is 353 g/mol. The van der Waals surface area contributed by atoms with Crippen LogP contribution in [0.15, 0.2) is 40.3 Å². The third-order valence-electron chi connectivity index (χ3n) is 3.73. The number of aryl methyl sites for hydroxylation is 2. The zero-order chi connectivity index (χ0) is 17.4. The molecule has 25 heavy (non-hydrogen) atoms. The summed E-state index contributed by atoms with van der Waals surface area (Å²) in [5.41, 5.74) is 2.65. The monoisotopic (exact) mass is 353 g/mol. The maximum absolute atomic E-state index is 12.3. The van der Waals surface area contributed by atoms with Crippen LogP contribution in [0, 0.1) is 13.8 Å². The Morgan fingerprint density at radius 1 is 1.28 bits per heavy atom. The molecule has 3 heterocycles. The summed E-state index contributed by atoms with van der Waals surface area (Å²) in [6, 6.07) is 7.82. The Labute approximate surface area is 147 Å². The summed E-state index contributed by atoms with van der Waals surface area (Å²) in [7, 11) is 0. The van der Waals surface area contributed by atoms with Crippen molar-refractivity contribution in [2.45, 2.75) is 20.4 Å². The molecule has 1 N–H and O–H groups in total. The van der Waals surface area contributed by atoms with Crippen LogP contribution in [0.2, 0.25) is 0 Å². The average Bonchev–Trinajstić information content (AvgIpc) is 3.29. The Bertz CT molecular complexity index is 1060. The number of carbonyl (C=O) groups is 1. The maximum atomic E-state index is 12.3. The third kappa shape index (κ3) is 3.16. The lowest BCUT2D eigenvalue weighted by Gasteiger charge is -2.06. The van der Waals surface area contributed by atoms with Gasteiger partial charge in [0.15, 0.2) is 5.13 Å². The lowest BCUT2D eigenvalue weighted by molar-refractivity contribution is -0.116. The molecule has 3 aromatic heterocycles. The number of nitrogens with zero attached hydrogens (tertiary/aromatic N) is 4. The maximum Gasteiger partial charge on any atom is 0.247 e. The largest absolute Gasteiger partial charge is 0.421 e. The van der Waals surface area contributed by atoms with Gasteiger partial charge in [-0.05, 0) is 30.5 Å². The molecule has 0 unspecified atom stereocenters. The van der Waals surface area contributed by atoms with E-state index < -0.39 is 0 Å². The number of rotatable bonds is 4. The number of hydrogen-bond donors (Lipinski definition) is 1. The molecule has 126 valence electrons. The van der Waals surface area contributed by atoms with Gasteiger partial charge in [-0.25, -0.2) is 4.98 Å². The van der Waals surface area contributed by atoms with Gasteiger partial charge in [0.25, 0.3) is 0 Å². The molecule has 0 spiro atoms. The Morgan fingerprint density at radius 2 is 2.16 bits per heavy atom. The van der Waals surface area contributed by atoms with E-state index in [1.165, 1.54) is 11.3 Å². The van der Waals surface area contributed by atoms with Crippen molar-refractivity contribution in [2.75, 3.05) is 5.32 Å². The Hall–Kier alpha value is -3.00. The molecule has 0 radical (unpaired) electrons. The van der Waals surface area contributed by atoms with Crippen LogP contribution in [-0.4, -0.2) is 25.7 Å². The first kappa shape index (κ1) is 15.5. The van der Waals surface area contributed by atoms with Crippen LogP contribution in [0.3, 0.4) is 0 Å². The second-order valence-electron chi connectivity index (χ2n) is 5.69. The van der Waals surface area contributed by atoms with Crippen molar-refractivity contribution in [3.63, 3.8) is 0 Å². The van der Waals surface area contributed by atoms with E-state index in [-0.39, 0.29) is 12.5 Å². The molecule has 1 aromatic carbocycles. The summed E-state index contributed by atoms with van der Waals surface area (Å²) in [6.45, 7) is 3.85. The van der Waals surface area contributed by atoms with Gasteiger partial charge >= 0.3 is 0 Å². The molecular weight excluding hydrogens is 338 g/mol. The zero-order valence-electron chi connectivity index (χ0n) is 13.7. The summed E-state index contributed by atoms with van der Waals surface area (Å²) in [5.74, 6) is 0.865. The van der Waals surface area contributed by atoms with Gasteiger partial charge in [-0.3, -0.25) is 4.79 Å². The van der Waals surface area contributed by atoms with Gasteiger partial charge in [-0.15, -0.1) is 21.5 Å². The van der Waals surface area contributed by atoms with E-state index in [1.807, 2.05) is 47.3 Å². The predicted molar refractivity (Wildman–Crippen MR) is 95.4 cm³/mol. The van der Waals surface area contributed by atoms with Gasteiger partial charge in [-0.2, -0.15) is 0 Å². The van der Waals surface area contributed by atoms with Crippen LogP contribution in [0.1, 0.15) is 11.6 Å². The number of anilines is 1. The van der Waals surface area contributed by atoms with Gasteiger partial charge < -0.3 is 14.3 Å².